The third-order valence-corrected chi connectivity index (χ3v) is 3.61. The van der Waals surface area contributed by atoms with Gasteiger partial charge in [0.25, 0.3) is 0 Å². The molecule has 3 heteroatoms. The van der Waals surface area contributed by atoms with Crippen LogP contribution in [0, 0.1) is 5.41 Å². The Labute approximate surface area is 109 Å². The minimum atomic E-state index is -0.134. The van der Waals surface area contributed by atoms with Crippen LogP contribution < -0.4 is 10.1 Å². The fraction of sp³-hybridized carbons (Fsp3) is 0.533. The zero-order valence-electron chi connectivity index (χ0n) is 11.4. The molecule has 0 aliphatic heterocycles. The molecule has 18 heavy (non-hydrogen) atoms. The third kappa shape index (κ3) is 2.66. The fourth-order valence-corrected chi connectivity index (χ4v) is 2.02. The first-order chi connectivity index (χ1) is 8.59. The van der Waals surface area contributed by atoms with Crippen molar-refractivity contribution >= 4 is 11.6 Å². The number of carbonyl (C=O) groups excluding carboxylic acids is 1. The van der Waals surface area contributed by atoms with Crippen molar-refractivity contribution in [3.63, 3.8) is 0 Å². The molecule has 2 rings (SSSR count). The number of methoxy groups -OCH3 is 1. The summed E-state index contributed by atoms with van der Waals surface area (Å²) in [6, 6.07) is 5.85. The monoisotopic (exact) mass is 247 g/mol. The number of benzene rings is 1. The average Bonchev–Trinajstić information content (AvgIpc) is 3.10. The molecule has 0 atom stereocenters. The molecular formula is C15H21NO2. The molecule has 1 aromatic rings. The number of hydrogen-bond acceptors (Lipinski definition) is 2. The summed E-state index contributed by atoms with van der Waals surface area (Å²) >= 11 is 0. The number of nitrogens with one attached hydrogen (secondary N) is 1. The number of carbonyl (C=O) groups is 1. The van der Waals surface area contributed by atoms with Gasteiger partial charge in [0, 0.05) is 11.1 Å². The summed E-state index contributed by atoms with van der Waals surface area (Å²) in [5.74, 6) is 1.03. The van der Waals surface area contributed by atoms with Crippen LogP contribution in [0.2, 0.25) is 0 Å². The van der Waals surface area contributed by atoms with Gasteiger partial charge in [-0.25, -0.2) is 0 Å². The van der Waals surface area contributed by atoms with E-state index in [4.69, 9.17) is 4.74 Å². The summed E-state index contributed by atoms with van der Waals surface area (Å²) in [5, 5.41) is 3.00. The summed E-state index contributed by atoms with van der Waals surface area (Å²) in [6.07, 6.45) is 4.02. The molecule has 0 heterocycles. The fourth-order valence-electron chi connectivity index (χ4n) is 2.02. The Hall–Kier alpha value is -1.51. The van der Waals surface area contributed by atoms with E-state index in [2.05, 4.69) is 12.2 Å². The number of hydrogen-bond donors (Lipinski definition) is 1. The number of amides is 1. The molecule has 1 saturated carbocycles. The van der Waals surface area contributed by atoms with Gasteiger partial charge in [0.2, 0.25) is 5.91 Å². The maximum absolute atomic E-state index is 12.0. The predicted octanol–water partition coefficient (Wildman–Crippen LogP) is 3.39. The van der Waals surface area contributed by atoms with Gasteiger partial charge in [-0.3, -0.25) is 4.79 Å². The van der Waals surface area contributed by atoms with Crippen LogP contribution in [0.4, 0.5) is 5.69 Å². The summed E-state index contributed by atoms with van der Waals surface area (Å²) in [6.45, 7) is 4.15. The third-order valence-electron chi connectivity index (χ3n) is 3.61. The van der Waals surface area contributed by atoms with Crippen molar-refractivity contribution in [1.29, 1.82) is 0 Å². The summed E-state index contributed by atoms with van der Waals surface area (Å²) < 4.78 is 5.32. The average molecular weight is 247 g/mol. The minimum absolute atomic E-state index is 0.134. The molecule has 1 fully saturated rings. The summed E-state index contributed by atoms with van der Waals surface area (Å²) in [5.41, 5.74) is 1.89. The van der Waals surface area contributed by atoms with Gasteiger partial charge >= 0.3 is 0 Å². The standard InChI is InChI=1S/C15H21NO2/c1-4-5-11-10-12(6-7-13(11)18-3)16-14(17)15(2)8-9-15/h6-7,10H,4-5,8-9H2,1-3H3,(H,16,17). The van der Waals surface area contributed by atoms with Crippen molar-refractivity contribution in [2.24, 2.45) is 5.41 Å². The van der Waals surface area contributed by atoms with E-state index in [-0.39, 0.29) is 11.3 Å². The van der Waals surface area contributed by atoms with E-state index in [1.165, 1.54) is 0 Å². The smallest absolute Gasteiger partial charge is 0.230 e. The van der Waals surface area contributed by atoms with Gasteiger partial charge in [-0.2, -0.15) is 0 Å². The molecule has 0 radical (unpaired) electrons. The quantitative estimate of drug-likeness (QED) is 0.866. The maximum atomic E-state index is 12.0. The van der Waals surface area contributed by atoms with Crippen molar-refractivity contribution in [2.75, 3.05) is 12.4 Å². The lowest BCUT2D eigenvalue weighted by Gasteiger charge is -2.13. The van der Waals surface area contributed by atoms with Crippen molar-refractivity contribution in [3.8, 4) is 5.75 Å². The van der Waals surface area contributed by atoms with Gasteiger partial charge in [-0.15, -0.1) is 0 Å². The van der Waals surface area contributed by atoms with Crippen LogP contribution in [0.25, 0.3) is 0 Å². The Morgan fingerprint density at radius 1 is 1.44 bits per heavy atom. The van der Waals surface area contributed by atoms with Crippen molar-refractivity contribution in [2.45, 2.75) is 39.5 Å². The summed E-state index contributed by atoms with van der Waals surface area (Å²) in [4.78, 5) is 12.0. The molecule has 1 aliphatic rings. The van der Waals surface area contributed by atoms with Crippen LogP contribution in [-0.4, -0.2) is 13.0 Å². The van der Waals surface area contributed by atoms with E-state index in [0.29, 0.717) is 0 Å². The lowest BCUT2D eigenvalue weighted by atomic mass is 10.1. The Bertz CT molecular complexity index is 450. The Kier molecular flexibility index (Phi) is 3.60. The SMILES string of the molecule is CCCc1cc(NC(=O)C2(C)CC2)ccc1OC. The molecule has 0 bridgehead atoms. The topological polar surface area (TPSA) is 38.3 Å². The second-order valence-electron chi connectivity index (χ2n) is 5.29. The first-order valence-electron chi connectivity index (χ1n) is 6.57. The minimum Gasteiger partial charge on any atom is -0.496 e. The maximum Gasteiger partial charge on any atom is 0.230 e. The first-order valence-corrected chi connectivity index (χ1v) is 6.57. The van der Waals surface area contributed by atoms with Crippen LogP contribution >= 0.6 is 0 Å². The molecule has 0 spiro atoms. The van der Waals surface area contributed by atoms with Crippen LogP contribution in [0.15, 0.2) is 18.2 Å². The van der Waals surface area contributed by atoms with Gasteiger partial charge in [0.05, 0.1) is 7.11 Å². The highest BCUT2D eigenvalue weighted by molar-refractivity contribution is 5.96. The highest BCUT2D eigenvalue weighted by atomic mass is 16.5. The zero-order valence-corrected chi connectivity index (χ0v) is 11.4. The van der Waals surface area contributed by atoms with E-state index in [0.717, 1.165) is 42.7 Å². The Balaban J connectivity index is 2.13. The zero-order chi connectivity index (χ0) is 13.2. The lowest BCUT2D eigenvalue weighted by molar-refractivity contribution is -0.120. The Morgan fingerprint density at radius 3 is 2.72 bits per heavy atom. The van der Waals surface area contributed by atoms with Crippen LogP contribution in [-0.2, 0) is 11.2 Å². The van der Waals surface area contributed by atoms with E-state index in [1.807, 2.05) is 25.1 Å². The van der Waals surface area contributed by atoms with Crippen LogP contribution in [0.3, 0.4) is 0 Å². The number of anilines is 1. The van der Waals surface area contributed by atoms with Crippen LogP contribution in [0.5, 0.6) is 5.75 Å². The Morgan fingerprint density at radius 2 is 2.17 bits per heavy atom. The molecule has 0 aromatic heterocycles. The van der Waals surface area contributed by atoms with Gasteiger partial charge in [-0.1, -0.05) is 20.3 Å². The van der Waals surface area contributed by atoms with Gasteiger partial charge < -0.3 is 10.1 Å². The molecule has 3 nitrogen and oxygen atoms in total. The molecule has 1 N–H and O–H groups in total. The summed E-state index contributed by atoms with van der Waals surface area (Å²) in [7, 11) is 1.68. The van der Waals surface area contributed by atoms with Gasteiger partial charge in [0.1, 0.15) is 5.75 Å². The second kappa shape index (κ2) is 5.01. The van der Waals surface area contributed by atoms with Crippen LogP contribution in [0.1, 0.15) is 38.7 Å². The highest BCUT2D eigenvalue weighted by Gasteiger charge is 2.44. The lowest BCUT2D eigenvalue weighted by Crippen LogP contribution is -2.21. The van der Waals surface area contributed by atoms with E-state index >= 15 is 0 Å². The highest BCUT2D eigenvalue weighted by Crippen LogP contribution is 2.45. The molecule has 1 aromatic carbocycles. The van der Waals surface area contributed by atoms with Crippen molar-refractivity contribution in [3.05, 3.63) is 23.8 Å². The molecule has 98 valence electrons. The number of ether oxygens (including phenoxy) is 1. The number of rotatable bonds is 5. The van der Waals surface area contributed by atoms with Crippen molar-refractivity contribution in [1.82, 2.24) is 0 Å². The molecule has 0 saturated heterocycles. The number of aryl methyl sites for hydroxylation is 1. The van der Waals surface area contributed by atoms with E-state index in [1.54, 1.807) is 7.11 Å². The largest absolute Gasteiger partial charge is 0.496 e. The predicted molar refractivity (Wildman–Crippen MR) is 73.0 cm³/mol. The normalized spacial score (nSPS) is 16.2. The van der Waals surface area contributed by atoms with Gasteiger partial charge in [-0.05, 0) is 43.0 Å². The van der Waals surface area contributed by atoms with E-state index in [9.17, 15) is 4.79 Å². The van der Waals surface area contributed by atoms with E-state index < -0.39 is 0 Å². The van der Waals surface area contributed by atoms with Gasteiger partial charge in [0.15, 0.2) is 0 Å². The first kappa shape index (κ1) is 12.9. The molecule has 0 unspecified atom stereocenters. The molecular weight excluding hydrogens is 226 g/mol. The second-order valence-corrected chi connectivity index (χ2v) is 5.29. The molecule has 1 amide bonds. The molecule has 1 aliphatic carbocycles. The van der Waals surface area contributed by atoms with Crippen molar-refractivity contribution < 1.29 is 9.53 Å².